The number of hydrogen-bond donors (Lipinski definition) is 2. The van der Waals surface area contributed by atoms with Gasteiger partial charge in [-0.15, -0.1) is 0 Å². The Morgan fingerprint density at radius 2 is 0.500 bits per heavy atom. The first-order chi connectivity index (χ1) is 20.5. The van der Waals surface area contributed by atoms with E-state index in [9.17, 15) is 0 Å². The lowest BCUT2D eigenvalue weighted by Crippen LogP contribution is -2.70. The smallest absolute Gasteiger partial charge is 0.0781 e. The first-order valence-corrected chi connectivity index (χ1v) is 17.1. The van der Waals surface area contributed by atoms with Gasteiger partial charge >= 0.3 is 0 Å². The van der Waals surface area contributed by atoms with Gasteiger partial charge in [-0.2, -0.15) is 0 Å². The minimum Gasteiger partial charge on any atom is -0.323 e. The third-order valence-electron chi connectivity index (χ3n) is 7.48. The third-order valence-corrected chi connectivity index (χ3v) is 12.8. The van der Waals surface area contributed by atoms with Crippen molar-refractivity contribution in [3.63, 3.8) is 0 Å². The number of nitrogens with two attached hydrogens (primary N) is 2. The Hall–Kier alpha value is 0.280. The maximum Gasteiger partial charge on any atom is 0.0781 e. The molecule has 0 fully saturated rings. The summed E-state index contributed by atoms with van der Waals surface area (Å²) in [5, 5.41) is 2.67. The van der Waals surface area contributed by atoms with E-state index in [1.54, 1.807) is 48.5 Å². The van der Waals surface area contributed by atoms with Crippen LogP contribution in [0.4, 0.5) is 0 Å². The molecule has 0 aliphatic carbocycles. The monoisotopic (exact) mass is 828 g/mol. The van der Waals surface area contributed by atoms with Crippen LogP contribution >= 0.6 is 139 Å². The maximum absolute atomic E-state index is 7.49. The van der Waals surface area contributed by atoms with Crippen LogP contribution in [0.5, 0.6) is 0 Å². The Kier molecular flexibility index (Phi) is 12.5. The summed E-state index contributed by atoms with van der Waals surface area (Å²) in [6, 6.07) is 13.4. The fourth-order valence-corrected chi connectivity index (χ4v) is 7.49. The highest BCUT2D eigenvalue weighted by atomic mass is 35.5. The predicted molar refractivity (Wildman–Crippen MR) is 195 cm³/mol. The van der Waals surface area contributed by atoms with Crippen LogP contribution in [0.15, 0.2) is 48.5 Å². The average Bonchev–Trinajstić information content (AvgIpc) is 2.98. The molecule has 234 valence electrons. The molecule has 0 aliphatic heterocycles. The second kappa shape index (κ2) is 14.8. The van der Waals surface area contributed by atoms with Gasteiger partial charge in [0, 0.05) is 11.1 Å². The Morgan fingerprint density at radius 3 is 0.682 bits per heavy atom. The molecule has 4 aromatic carbocycles. The molecule has 4 N–H and O–H groups in total. The van der Waals surface area contributed by atoms with E-state index in [2.05, 4.69) is 0 Å². The molecule has 0 aromatic heterocycles. The van der Waals surface area contributed by atoms with Crippen LogP contribution in [0, 0.1) is 0 Å². The van der Waals surface area contributed by atoms with Gasteiger partial charge in [-0.05, 0) is 72.2 Å². The van der Waals surface area contributed by atoms with Gasteiger partial charge in [-0.25, -0.2) is 0 Å². The van der Waals surface area contributed by atoms with Crippen molar-refractivity contribution < 1.29 is 0 Å². The molecule has 0 bridgehead atoms. The summed E-state index contributed by atoms with van der Waals surface area (Å²) in [7, 11) is 0. The quantitative estimate of drug-likeness (QED) is 0.165. The molecule has 0 heterocycles. The van der Waals surface area contributed by atoms with Crippen LogP contribution in [-0.4, -0.2) is 11.1 Å². The van der Waals surface area contributed by atoms with E-state index in [1.165, 1.54) is 0 Å². The van der Waals surface area contributed by atoms with Crippen molar-refractivity contribution in [3.05, 3.63) is 131 Å². The zero-order chi connectivity index (χ0) is 32.7. The Morgan fingerprint density at radius 1 is 0.318 bits per heavy atom. The van der Waals surface area contributed by atoms with Crippen LogP contribution in [0.3, 0.4) is 0 Å². The normalized spacial score (nSPS) is 12.2. The van der Waals surface area contributed by atoms with Crippen LogP contribution in [0.2, 0.25) is 60.3 Å². The zero-order valence-electron chi connectivity index (χ0n) is 22.1. The van der Waals surface area contributed by atoms with E-state index < -0.39 is 11.1 Å². The van der Waals surface area contributed by atoms with Gasteiger partial charge in [0.1, 0.15) is 0 Å². The van der Waals surface area contributed by atoms with Gasteiger partial charge in [0.05, 0.1) is 60.3 Å². The molecule has 0 unspecified atom stereocenters. The van der Waals surface area contributed by atoms with Crippen molar-refractivity contribution in [1.29, 1.82) is 0 Å². The van der Waals surface area contributed by atoms with Gasteiger partial charge in [0.2, 0.25) is 0 Å². The molecule has 0 saturated carbocycles. The molecular weight excluding hydrogens is 814 g/mol. The highest BCUT2D eigenvalue weighted by Crippen LogP contribution is 2.44. The molecule has 0 aliphatic rings. The lowest BCUT2D eigenvalue weighted by molar-refractivity contribution is 0.209. The van der Waals surface area contributed by atoms with E-state index in [0.29, 0.717) is 22.3 Å². The van der Waals surface area contributed by atoms with Crippen LogP contribution in [0.1, 0.15) is 22.3 Å². The molecule has 2 nitrogen and oxygen atoms in total. The van der Waals surface area contributed by atoms with Crippen LogP contribution < -0.4 is 11.5 Å². The number of rotatable bonds is 9. The summed E-state index contributed by atoms with van der Waals surface area (Å²) in [5.41, 5.74) is 14.5. The Balaban J connectivity index is 1.99. The van der Waals surface area contributed by atoms with E-state index in [1.807, 2.05) is 0 Å². The van der Waals surface area contributed by atoms with Crippen molar-refractivity contribution >= 4 is 139 Å². The van der Waals surface area contributed by atoms with Gasteiger partial charge in [0.15, 0.2) is 0 Å². The molecule has 4 rings (SSSR count). The maximum atomic E-state index is 7.49. The molecule has 4 aromatic rings. The molecular formula is C30H20Cl12N2. The van der Waals surface area contributed by atoms with Gasteiger partial charge < -0.3 is 11.5 Å². The van der Waals surface area contributed by atoms with Crippen LogP contribution in [-0.2, 0) is 25.7 Å². The fraction of sp³-hybridized carbons (Fsp3) is 0.200. The van der Waals surface area contributed by atoms with Gasteiger partial charge in [0.25, 0.3) is 0 Å². The standard InChI is InChI=1S/C30H20Cl12N2/c31-17-5-1-13(21(35)25(17)39)9-29(43,10-14-2-6-18(32)26(40)22(14)36)30(44,11-15-3-7-19(33)27(41)23(15)37)12-16-4-8-20(34)28(42)24(16)38/h1-8H,9-12,43-44H2. The van der Waals surface area contributed by atoms with Gasteiger partial charge in [-0.3, -0.25) is 0 Å². The predicted octanol–water partition coefficient (Wildman–Crippen LogP) is 13.2. The molecule has 14 heteroatoms. The molecule has 44 heavy (non-hydrogen) atoms. The number of halogens is 12. The second-order valence-corrected chi connectivity index (χ2v) is 15.0. The second-order valence-electron chi connectivity index (χ2n) is 10.4. The molecule has 0 atom stereocenters. The molecule has 0 spiro atoms. The molecule has 0 amide bonds. The summed E-state index contributed by atoms with van der Waals surface area (Å²) in [6.45, 7) is 0. The summed E-state index contributed by atoms with van der Waals surface area (Å²) in [5.74, 6) is 0. The number of benzene rings is 4. The van der Waals surface area contributed by atoms with Crippen molar-refractivity contribution in [2.45, 2.75) is 36.8 Å². The van der Waals surface area contributed by atoms with E-state index in [0.717, 1.165) is 0 Å². The highest BCUT2D eigenvalue weighted by molar-refractivity contribution is 6.50. The first kappa shape index (κ1) is 37.1. The van der Waals surface area contributed by atoms with Crippen molar-refractivity contribution in [2.75, 3.05) is 0 Å². The van der Waals surface area contributed by atoms with Crippen molar-refractivity contribution in [3.8, 4) is 0 Å². The summed E-state index contributed by atoms with van der Waals surface area (Å²) in [6.07, 6.45) is 0.364. The van der Waals surface area contributed by atoms with E-state index in [-0.39, 0.29) is 86.0 Å². The highest BCUT2D eigenvalue weighted by Gasteiger charge is 2.48. The van der Waals surface area contributed by atoms with Crippen molar-refractivity contribution in [1.82, 2.24) is 0 Å². The Bertz CT molecular complexity index is 1490. The summed E-state index contributed by atoms with van der Waals surface area (Å²) >= 11 is 77.5. The first-order valence-electron chi connectivity index (χ1n) is 12.6. The Labute approximate surface area is 315 Å². The lowest BCUT2D eigenvalue weighted by atomic mass is 9.65. The van der Waals surface area contributed by atoms with E-state index >= 15 is 0 Å². The minimum absolute atomic E-state index is 0.0910. The minimum atomic E-state index is -1.38. The summed E-state index contributed by atoms with van der Waals surface area (Å²) in [4.78, 5) is 0. The largest absolute Gasteiger partial charge is 0.323 e. The van der Waals surface area contributed by atoms with E-state index in [4.69, 9.17) is 151 Å². The average molecular weight is 834 g/mol. The summed E-state index contributed by atoms with van der Waals surface area (Å²) < 4.78 is 0. The SMILES string of the molecule is NC(Cc1ccc(Cl)c(Cl)c1Cl)(Cc1ccc(Cl)c(Cl)c1Cl)C(N)(Cc1ccc(Cl)c(Cl)c1Cl)Cc1ccc(Cl)c(Cl)c1Cl. The third kappa shape index (κ3) is 7.61. The van der Waals surface area contributed by atoms with Crippen molar-refractivity contribution in [2.24, 2.45) is 11.5 Å². The fourth-order valence-electron chi connectivity index (χ4n) is 5.00. The zero-order valence-corrected chi connectivity index (χ0v) is 31.2. The molecule has 0 saturated heterocycles. The topological polar surface area (TPSA) is 52.0 Å². The molecule has 0 radical (unpaired) electrons. The lowest BCUT2D eigenvalue weighted by Gasteiger charge is -2.48. The van der Waals surface area contributed by atoms with Gasteiger partial charge in [-0.1, -0.05) is 163 Å². The van der Waals surface area contributed by atoms with Crippen LogP contribution in [0.25, 0.3) is 0 Å². The number of hydrogen-bond acceptors (Lipinski definition) is 2.